The summed E-state index contributed by atoms with van der Waals surface area (Å²) in [5, 5.41) is 24.0. The third kappa shape index (κ3) is 6.32. The lowest BCUT2D eigenvalue weighted by molar-refractivity contribution is -0.384. The fourth-order valence-electron chi connectivity index (χ4n) is 2.86. The number of ether oxygens (including phenoxy) is 1. The monoisotopic (exact) mass is 481 g/mol. The Bertz CT molecular complexity index is 1280. The van der Waals surface area contributed by atoms with Gasteiger partial charge in [-0.15, -0.1) is 0 Å². The summed E-state index contributed by atoms with van der Waals surface area (Å²) >= 11 is 11.9. The Morgan fingerprint density at radius 3 is 2.48 bits per heavy atom. The van der Waals surface area contributed by atoms with Crippen molar-refractivity contribution in [2.75, 3.05) is 5.32 Å². The molecule has 0 aliphatic carbocycles. The number of benzene rings is 3. The van der Waals surface area contributed by atoms with Crippen LogP contribution in [0.3, 0.4) is 0 Å². The first-order valence-corrected chi connectivity index (χ1v) is 10.4. The van der Waals surface area contributed by atoms with E-state index in [1.807, 2.05) is 12.1 Å². The molecule has 0 bridgehead atoms. The van der Waals surface area contributed by atoms with Crippen molar-refractivity contribution in [2.24, 2.45) is 0 Å². The van der Waals surface area contributed by atoms with Crippen molar-refractivity contribution in [3.63, 3.8) is 0 Å². The summed E-state index contributed by atoms with van der Waals surface area (Å²) in [5.74, 6) is -0.166. The Morgan fingerprint density at radius 1 is 1.12 bits per heavy atom. The van der Waals surface area contributed by atoms with Crippen LogP contribution in [0.25, 0.3) is 6.08 Å². The molecular weight excluding hydrogens is 465 g/mol. The second-order valence-electron chi connectivity index (χ2n) is 7.01. The van der Waals surface area contributed by atoms with Crippen LogP contribution in [0.4, 0.5) is 11.4 Å². The first-order valence-electron chi connectivity index (χ1n) is 9.62. The predicted molar refractivity (Wildman–Crippen MR) is 127 cm³/mol. The van der Waals surface area contributed by atoms with Gasteiger partial charge in [0.2, 0.25) is 0 Å². The number of hydrogen-bond acceptors (Lipinski definition) is 5. The molecule has 0 fully saturated rings. The Morgan fingerprint density at radius 2 is 1.85 bits per heavy atom. The van der Waals surface area contributed by atoms with Gasteiger partial charge in [-0.2, -0.15) is 5.26 Å². The largest absolute Gasteiger partial charge is 0.489 e. The van der Waals surface area contributed by atoms with Crippen molar-refractivity contribution in [1.82, 2.24) is 0 Å². The molecule has 0 aliphatic heterocycles. The van der Waals surface area contributed by atoms with Gasteiger partial charge in [-0.3, -0.25) is 14.9 Å². The minimum absolute atomic E-state index is 0.0165. The zero-order valence-corrected chi connectivity index (χ0v) is 18.9. The SMILES string of the molecule is Cc1ccc(NC(=O)/C(C#N)=C/c2ccc(OCc3ccc(Cl)c(Cl)c3)cc2)c([N+](=O)[O-])c1. The number of hydrogen-bond donors (Lipinski definition) is 1. The van der Waals surface area contributed by atoms with Crippen LogP contribution >= 0.6 is 23.2 Å². The molecule has 1 amide bonds. The highest BCUT2D eigenvalue weighted by molar-refractivity contribution is 6.42. The van der Waals surface area contributed by atoms with Gasteiger partial charge in [0.25, 0.3) is 11.6 Å². The molecule has 1 N–H and O–H groups in total. The Hall–Kier alpha value is -3.86. The van der Waals surface area contributed by atoms with E-state index in [0.717, 1.165) is 5.56 Å². The fourth-order valence-corrected chi connectivity index (χ4v) is 3.18. The average Bonchev–Trinajstić information content (AvgIpc) is 2.80. The van der Waals surface area contributed by atoms with Gasteiger partial charge in [-0.05, 0) is 60.0 Å². The molecule has 7 nitrogen and oxygen atoms in total. The van der Waals surface area contributed by atoms with E-state index in [4.69, 9.17) is 27.9 Å². The number of nitrogens with one attached hydrogen (secondary N) is 1. The lowest BCUT2D eigenvalue weighted by atomic mass is 10.1. The summed E-state index contributed by atoms with van der Waals surface area (Å²) in [6.45, 7) is 1.99. The number of halogens is 2. The second kappa shape index (κ2) is 10.6. The molecule has 3 rings (SSSR count). The number of aryl methyl sites for hydroxylation is 1. The van der Waals surface area contributed by atoms with Crippen LogP contribution in [-0.4, -0.2) is 10.8 Å². The number of carbonyl (C=O) groups is 1. The van der Waals surface area contributed by atoms with Crippen LogP contribution < -0.4 is 10.1 Å². The van der Waals surface area contributed by atoms with Gasteiger partial charge in [-0.1, -0.05) is 47.5 Å². The van der Waals surface area contributed by atoms with Crippen molar-refractivity contribution in [3.05, 3.63) is 103 Å². The molecule has 3 aromatic carbocycles. The molecule has 0 heterocycles. The molecule has 3 aromatic rings. The zero-order valence-electron chi connectivity index (χ0n) is 17.3. The van der Waals surface area contributed by atoms with E-state index in [2.05, 4.69) is 5.32 Å². The molecule has 0 saturated heterocycles. The Kier molecular flexibility index (Phi) is 7.67. The number of rotatable bonds is 7. The summed E-state index contributed by atoms with van der Waals surface area (Å²) in [6, 6.07) is 18.2. The van der Waals surface area contributed by atoms with Crippen LogP contribution in [0.2, 0.25) is 10.0 Å². The van der Waals surface area contributed by atoms with Crippen LogP contribution in [0, 0.1) is 28.4 Å². The van der Waals surface area contributed by atoms with Gasteiger partial charge in [0.15, 0.2) is 0 Å². The maximum absolute atomic E-state index is 12.5. The van der Waals surface area contributed by atoms with Gasteiger partial charge in [-0.25, -0.2) is 0 Å². The van der Waals surface area contributed by atoms with Gasteiger partial charge in [0.05, 0.1) is 15.0 Å². The van der Waals surface area contributed by atoms with Gasteiger partial charge in [0.1, 0.15) is 29.7 Å². The smallest absolute Gasteiger partial charge is 0.293 e. The molecule has 0 radical (unpaired) electrons. The van der Waals surface area contributed by atoms with Crippen molar-refractivity contribution in [1.29, 1.82) is 5.26 Å². The van der Waals surface area contributed by atoms with Crippen molar-refractivity contribution in [2.45, 2.75) is 13.5 Å². The van der Waals surface area contributed by atoms with Crippen LogP contribution in [0.5, 0.6) is 5.75 Å². The molecule has 0 atom stereocenters. The normalized spacial score (nSPS) is 10.9. The molecular formula is C24H17Cl2N3O4. The van der Waals surface area contributed by atoms with Crippen LogP contribution in [0.1, 0.15) is 16.7 Å². The molecule has 0 saturated carbocycles. The lowest BCUT2D eigenvalue weighted by Crippen LogP contribution is -2.14. The van der Waals surface area contributed by atoms with Crippen molar-refractivity contribution in [3.8, 4) is 11.8 Å². The molecule has 0 unspecified atom stereocenters. The topological polar surface area (TPSA) is 105 Å². The highest BCUT2D eigenvalue weighted by Crippen LogP contribution is 2.26. The zero-order chi connectivity index (χ0) is 24.0. The standard InChI is InChI=1S/C24H17Cl2N3O4/c1-15-2-9-22(23(10-15)29(31)32)28-24(30)18(13-27)11-16-3-6-19(7-4-16)33-14-17-5-8-20(25)21(26)12-17/h2-12H,14H2,1H3,(H,28,30)/b18-11+. The van der Waals surface area contributed by atoms with Gasteiger partial charge >= 0.3 is 0 Å². The van der Waals surface area contributed by atoms with E-state index in [-0.39, 0.29) is 23.6 Å². The highest BCUT2D eigenvalue weighted by Gasteiger charge is 2.18. The number of carbonyl (C=O) groups excluding carboxylic acids is 1. The Labute approximate surface area is 200 Å². The van der Waals surface area contributed by atoms with Gasteiger partial charge < -0.3 is 10.1 Å². The predicted octanol–water partition coefficient (Wildman–Crippen LogP) is 6.33. The molecule has 0 aromatic heterocycles. The van der Waals surface area contributed by atoms with E-state index in [9.17, 15) is 20.2 Å². The van der Waals surface area contributed by atoms with Gasteiger partial charge in [0, 0.05) is 6.07 Å². The third-order valence-corrected chi connectivity index (χ3v) is 5.28. The van der Waals surface area contributed by atoms with E-state index >= 15 is 0 Å². The van der Waals surface area contributed by atoms with Crippen LogP contribution in [-0.2, 0) is 11.4 Å². The summed E-state index contributed by atoms with van der Waals surface area (Å²) in [6.07, 6.45) is 1.39. The number of anilines is 1. The minimum Gasteiger partial charge on any atom is -0.489 e. The molecule has 0 aliphatic rings. The average molecular weight is 482 g/mol. The summed E-state index contributed by atoms with van der Waals surface area (Å²) in [7, 11) is 0. The quantitative estimate of drug-likeness (QED) is 0.183. The number of nitrogens with zero attached hydrogens (tertiary/aromatic N) is 2. The number of nitriles is 1. The van der Waals surface area contributed by atoms with Crippen LogP contribution in [0.15, 0.2) is 66.2 Å². The first kappa shape index (κ1) is 23.8. The highest BCUT2D eigenvalue weighted by atomic mass is 35.5. The molecule has 0 spiro atoms. The maximum Gasteiger partial charge on any atom is 0.293 e. The van der Waals surface area contributed by atoms with Crippen molar-refractivity contribution >= 4 is 46.6 Å². The summed E-state index contributed by atoms with van der Waals surface area (Å²) in [4.78, 5) is 23.2. The molecule has 9 heteroatoms. The summed E-state index contributed by atoms with van der Waals surface area (Å²) < 4.78 is 5.71. The van der Waals surface area contributed by atoms with E-state index in [1.165, 1.54) is 18.2 Å². The number of nitro benzene ring substituents is 1. The second-order valence-corrected chi connectivity index (χ2v) is 7.82. The molecule has 33 heavy (non-hydrogen) atoms. The number of nitro groups is 1. The number of amides is 1. The van der Waals surface area contributed by atoms with E-state index < -0.39 is 10.8 Å². The lowest BCUT2D eigenvalue weighted by Gasteiger charge is -2.08. The van der Waals surface area contributed by atoms with Crippen molar-refractivity contribution < 1.29 is 14.5 Å². The first-order chi connectivity index (χ1) is 15.8. The third-order valence-electron chi connectivity index (χ3n) is 4.54. The Balaban J connectivity index is 1.69. The minimum atomic E-state index is -0.746. The molecule has 166 valence electrons. The van der Waals surface area contributed by atoms with E-state index in [0.29, 0.717) is 26.9 Å². The van der Waals surface area contributed by atoms with E-state index in [1.54, 1.807) is 49.4 Å². The summed E-state index contributed by atoms with van der Waals surface area (Å²) in [5.41, 5.74) is 1.68. The fraction of sp³-hybridized carbons (Fsp3) is 0.0833. The maximum atomic E-state index is 12.5.